The van der Waals surface area contributed by atoms with Gasteiger partial charge in [-0.15, -0.1) is 0 Å². The number of hydrogen-bond acceptors (Lipinski definition) is 3. The van der Waals surface area contributed by atoms with E-state index in [2.05, 4.69) is 28.5 Å². The molecule has 2 rings (SSSR count). The van der Waals surface area contributed by atoms with E-state index in [0.717, 1.165) is 35.5 Å². The maximum Gasteiger partial charge on any atom is 0.251 e. The van der Waals surface area contributed by atoms with Crippen LogP contribution in [-0.4, -0.2) is 43.0 Å². The Morgan fingerprint density at radius 3 is 2.55 bits per heavy atom. The molecule has 4 nitrogen and oxygen atoms in total. The molecule has 0 bridgehead atoms. The third kappa shape index (κ3) is 4.47. The van der Waals surface area contributed by atoms with Crippen molar-refractivity contribution in [1.82, 2.24) is 10.2 Å². The van der Waals surface area contributed by atoms with E-state index in [1.807, 2.05) is 26.8 Å². The Morgan fingerprint density at radius 1 is 1.23 bits per heavy atom. The smallest absolute Gasteiger partial charge is 0.251 e. The Hall–Kier alpha value is -1.55. The lowest BCUT2D eigenvalue weighted by Crippen LogP contribution is -2.31. The van der Waals surface area contributed by atoms with Crippen LogP contribution in [-0.2, 0) is 0 Å². The summed E-state index contributed by atoms with van der Waals surface area (Å²) in [5.74, 6) is 0.0128. The van der Waals surface area contributed by atoms with Gasteiger partial charge in [0.15, 0.2) is 0 Å². The van der Waals surface area contributed by atoms with Crippen LogP contribution in [0.5, 0.6) is 0 Å². The molecule has 1 saturated heterocycles. The molecule has 0 radical (unpaired) electrons. The predicted octanol–water partition coefficient (Wildman–Crippen LogP) is 2.95. The SMILES string of the molecule is Cc1cc(NCCN2CCCC2)cc(C(=O)NC(C)C)c1C. The fourth-order valence-electron chi connectivity index (χ4n) is 2.90. The Bertz CT molecular complexity index is 519. The highest BCUT2D eigenvalue weighted by molar-refractivity contribution is 5.97. The lowest BCUT2D eigenvalue weighted by Gasteiger charge is -2.17. The molecule has 0 atom stereocenters. The second kappa shape index (κ2) is 7.63. The minimum atomic E-state index is 0.0128. The third-order valence-electron chi connectivity index (χ3n) is 4.29. The summed E-state index contributed by atoms with van der Waals surface area (Å²) >= 11 is 0. The van der Waals surface area contributed by atoms with Gasteiger partial charge in [-0.1, -0.05) is 0 Å². The molecular formula is C18H29N3O. The second-order valence-electron chi connectivity index (χ2n) is 6.57. The molecule has 4 heteroatoms. The van der Waals surface area contributed by atoms with Crippen molar-refractivity contribution >= 4 is 11.6 Å². The Labute approximate surface area is 134 Å². The number of benzene rings is 1. The van der Waals surface area contributed by atoms with Gasteiger partial charge in [0, 0.05) is 30.4 Å². The first-order chi connectivity index (χ1) is 10.5. The maximum atomic E-state index is 12.3. The number of carbonyl (C=O) groups is 1. The van der Waals surface area contributed by atoms with Crippen molar-refractivity contribution in [3.63, 3.8) is 0 Å². The summed E-state index contributed by atoms with van der Waals surface area (Å²) in [6, 6.07) is 4.26. The molecule has 1 aromatic rings. The number of rotatable bonds is 6. The summed E-state index contributed by atoms with van der Waals surface area (Å²) < 4.78 is 0. The molecule has 0 saturated carbocycles. The lowest BCUT2D eigenvalue weighted by molar-refractivity contribution is 0.0942. The Kier molecular flexibility index (Phi) is 5.83. The number of anilines is 1. The lowest BCUT2D eigenvalue weighted by atomic mass is 10.0. The van der Waals surface area contributed by atoms with E-state index >= 15 is 0 Å². The number of amides is 1. The zero-order valence-corrected chi connectivity index (χ0v) is 14.3. The van der Waals surface area contributed by atoms with Crippen LogP contribution in [0.15, 0.2) is 12.1 Å². The third-order valence-corrected chi connectivity index (χ3v) is 4.29. The van der Waals surface area contributed by atoms with Gasteiger partial charge in [-0.3, -0.25) is 4.79 Å². The molecule has 0 spiro atoms. The van der Waals surface area contributed by atoms with Gasteiger partial charge >= 0.3 is 0 Å². The van der Waals surface area contributed by atoms with Crippen LogP contribution in [0.2, 0.25) is 0 Å². The maximum absolute atomic E-state index is 12.3. The fraction of sp³-hybridized carbons (Fsp3) is 0.611. The summed E-state index contributed by atoms with van der Waals surface area (Å²) in [6.07, 6.45) is 2.65. The first-order valence-electron chi connectivity index (χ1n) is 8.35. The van der Waals surface area contributed by atoms with Crippen LogP contribution in [0.25, 0.3) is 0 Å². The van der Waals surface area contributed by atoms with Crippen molar-refractivity contribution < 1.29 is 4.79 Å². The van der Waals surface area contributed by atoms with E-state index in [-0.39, 0.29) is 11.9 Å². The van der Waals surface area contributed by atoms with Crippen LogP contribution in [0, 0.1) is 13.8 Å². The number of nitrogens with one attached hydrogen (secondary N) is 2. The largest absolute Gasteiger partial charge is 0.384 e. The van der Waals surface area contributed by atoms with E-state index in [0.29, 0.717) is 0 Å². The highest BCUT2D eigenvalue weighted by atomic mass is 16.1. The summed E-state index contributed by atoms with van der Waals surface area (Å²) in [5, 5.41) is 6.45. The van der Waals surface area contributed by atoms with Crippen LogP contribution < -0.4 is 10.6 Å². The van der Waals surface area contributed by atoms with E-state index in [1.54, 1.807) is 0 Å². The van der Waals surface area contributed by atoms with Crippen molar-refractivity contribution in [2.45, 2.75) is 46.6 Å². The standard InChI is InChI=1S/C18H29N3O/c1-13(2)20-18(22)17-12-16(11-14(3)15(17)4)19-7-10-21-8-5-6-9-21/h11-13,19H,5-10H2,1-4H3,(H,20,22). The van der Waals surface area contributed by atoms with Crippen molar-refractivity contribution in [3.05, 3.63) is 28.8 Å². The fourth-order valence-corrected chi connectivity index (χ4v) is 2.90. The molecule has 2 N–H and O–H groups in total. The van der Waals surface area contributed by atoms with Gasteiger partial charge in [-0.25, -0.2) is 0 Å². The molecule has 1 fully saturated rings. The second-order valence-corrected chi connectivity index (χ2v) is 6.57. The van der Waals surface area contributed by atoms with Gasteiger partial charge in [0.05, 0.1) is 0 Å². The number of hydrogen-bond donors (Lipinski definition) is 2. The van der Waals surface area contributed by atoms with Crippen molar-refractivity contribution in [3.8, 4) is 0 Å². The van der Waals surface area contributed by atoms with Gasteiger partial charge in [0.25, 0.3) is 5.91 Å². The summed E-state index contributed by atoms with van der Waals surface area (Å²) in [4.78, 5) is 14.8. The van der Waals surface area contributed by atoms with E-state index in [9.17, 15) is 4.79 Å². The van der Waals surface area contributed by atoms with Crippen molar-refractivity contribution in [2.24, 2.45) is 0 Å². The van der Waals surface area contributed by atoms with Crippen LogP contribution in [0.3, 0.4) is 0 Å². The highest BCUT2D eigenvalue weighted by Gasteiger charge is 2.14. The van der Waals surface area contributed by atoms with Crippen LogP contribution in [0.1, 0.15) is 48.2 Å². The predicted molar refractivity (Wildman–Crippen MR) is 92.7 cm³/mol. The summed E-state index contributed by atoms with van der Waals surface area (Å²) in [5.41, 5.74) is 4.02. The van der Waals surface area contributed by atoms with Gasteiger partial charge in [-0.2, -0.15) is 0 Å². The minimum absolute atomic E-state index is 0.0128. The van der Waals surface area contributed by atoms with Crippen LogP contribution >= 0.6 is 0 Å². The summed E-state index contributed by atoms with van der Waals surface area (Å²) in [7, 11) is 0. The number of likely N-dealkylation sites (tertiary alicyclic amines) is 1. The zero-order valence-electron chi connectivity index (χ0n) is 14.3. The van der Waals surface area contributed by atoms with Crippen molar-refractivity contribution in [2.75, 3.05) is 31.5 Å². The molecule has 22 heavy (non-hydrogen) atoms. The highest BCUT2D eigenvalue weighted by Crippen LogP contribution is 2.20. The quantitative estimate of drug-likeness (QED) is 0.849. The molecule has 0 unspecified atom stereocenters. The summed E-state index contributed by atoms with van der Waals surface area (Å²) in [6.45, 7) is 12.5. The van der Waals surface area contributed by atoms with E-state index < -0.39 is 0 Å². The molecule has 0 aromatic heterocycles. The molecule has 1 aromatic carbocycles. The van der Waals surface area contributed by atoms with Gasteiger partial charge < -0.3 is 15.5 Å². The number of aryl methyl sites for hydroxylation is 1. The molecule has 1 aliphatic heterocycles. The number of carbonyl (C=O) groups excluding carboxylic acids is 1. The Balaban J connectivity index is 2.01. The van der Waals surface area contributed by atoms with E-state index in [1.165, 1.54) is 25.9 Å². The number of nitrogens with zero attached hydrogens (tertiary/aromatic N) is 1. The average molecular weight is 303 g/mol. The van der Waals surface area contributed by atoms with E-state index in [4.69, 9.17) is 0 Å². The first-order valence-corrected chi connectivity index (χ1v) is 8.35. The zero-order chi connectivity index (χ0) is 16.1. The van der Waals surface area contributed by atoms with Gasteiger partial charge in [-0.05, 0) is 76.9 Å². The van der Waals surface area contributed by atoms with Gasteiger partial charge in [0.1, 0.15) is 0 Å². The first kappa shape index (κ1) is 16.8. The molecular weight excluding hydrogens is 274 g/mol. The minimum Gasteiger partial charge on any atom is -0.384 e. The monoisotopic (exact) mass is 303 g/mol. The van der Waals surface area contributed by atoms with Crippen molar-refractivity contribution in [1.29, 1.82) is 0 Å². The average Bonchev–Trinajstić information content (AvgIpc) is 2.94. The molecule has 1 amide bonds. The Morgan fingerprint density at radius 2 is 1.91 bits per heavy atom. The van der Waals surface area contributed by atoms with Crippen LogP contribution in [0.4, 0.5) is 5.69 Å². The molecule has 1 heterocycles. The molecule has 122 valence electrons. The molecule has 1 aliphatic rings. The topological polar surface area (TPSA) is 44.4 Å². The normalized spacial score (nSPS) is 15.3. The van der Waals surface area contributed by atoms with Gasteiger partial charge in [0.2, 0.25) is 0 Å². The molecule has 0 aliphatic carbocycles.